The summed E-state index contributed by atoms with van der Waals surface area (Å²) < 4.78 is 43.3. The van der Waals surface area contributed by atoms with Crippen LogP contribution in [0.2, 0.25) is 0 Å². The Morgan fingerprint density at radius 2 is 2.05 bits per heavy atom. The molecule has 3 nitrogen and oxygen atoms in total. The number of hydrogen-bond donors (Lipinski definition) is 0. The van der Waals surface area contributed by atoms with Gasteiger partial charge in [0.25, 0.3) is 0 Å². The zero-order valence-electron chi connectivity index (χ0n) is 12.6. The van der Waals surface area contributed by atoms with Gasteiger partial charge in [0.05, 0.1) is 13.2 Å². The summed E-state index contributed by atoms with van der Waals surface area (Å²) in [6.45, 7) is 6.60. The molecule has 1 atom stereocenters. The number of aromatic nitrogens is 1. The average molecular weight is 302 g/mol. The molecule has 0 amide bonds. The van der Waals surface area contributed by atoms with Crippen molar-refractivity contribution in [1.29, 1.82) is 0 Å². The first-order valence-corrected chi connectivity index (χ1v) is 7.04. The Morgan fingerprint density at radius 1 is 1.33 bits per heavy atom. The van der Waals surface area contributed by atoms with Gasteiger partial charge in [-0.05, 0) is 23.5 Å². The number of morpholine rings is 1. The highest BCUT2D eigenvalue weighted by Crippen LogP contribution is 2.31. The second-order valence-corrected chi connectivity index (χ2v) is 6.57. The topological polar surface area (TPSA) is 25.4 Å². The maximum Gasteiger partial charge on any atom is 0.416 e. The number of pyridine rings is 1. The first-order valence-electron chi connectivity index (χ1n) is 7.04. The highest BCUT2D eigenvalue weighted by Gasteiger charge is 2.43. The summed E-state index contributed by atoms with van der Waals surface area (Å²) in [4.78, 5) is 5.99. The van der Waals surface area contributed by atoms with Crippen molar-refractivity contribution in [3.63, 3.8) is 0 Å². The fraction of sp³-hybridized carbons (Fsp3) is 0.667. The Hall–Kier alpha value is -1.30. The molecule has 1 fully saturated rings. The van der Waals surface area contributed by atoms with Gasteiger partial charge in [-0.2, -0.15) is 13.2 Å². The van der Waals surface area contributed by atoms with E-state index in [0.29, 0.717) is 12.4 Å². The Kier molecular flexibility index (Phi) is 4.46. The summed E-state index contributed by atoms with van der Waals surface area (Å²) >= 11 is 0. The van der Waals surface area contributed by atoms with Gasteiger partial charge in [0, 0.05) is 12.7 Å². The Bertz CT molecular complexity index is 483. The third-order valence-corrected chi connectivity index (χ3v) is 3.32. The van der Waals surface area contributed by atoms with Gasteiger partial charge in [0.1, 0.15) is 5.82 Å². The molecule has 118 valence electrons. The maximum absolute atomic E-state index is 12.8. The lowest BCUT2D eigenvalue weighted by molar-refractivity contribution is -0.221. The van der Waals surface area contributed by atoms with E-state index in [0.717, 1.165) is 12.0 Å². The highest BCUT2D eigenvalue weighted by molar-refractivity contribution is 5.47. The lowest BCUT2D eigenvalue weighted by Gasteiger charge is -2.36. The third-order valence-electron chi connectivity index (χ3n) is 3.32. The Labute approximate surface area is 123 Å². The van der Waals surface area contributed by atoms with Gasteiger partial charge in [0.15, 0.2) is 6.10 Å². The molecule has 1 unspecified atom stereocenters. The van der Waals surface area contributed by atoms with Crippen molar-refractivity contribution in [2.24, 2.45) is 5.41 Å². The van der Waals surface area contributed by atoms with Crippen molar-refractivity contribution in [2.75, 3.05) is 24.6 Å². The largest absolute Gasteiger partial charge is 0.416 e. The van der Waals surface area contributed by atoms with E-state index in [1.165, 1.54) is 0 Å². The molecular weight excluding hydrogens is 281 g/mol. The van der Waals surface area contributed by atoms with Crippen molar-refractivity contribution in [3.8, 4) is 0 Å². The molecule has 1 aromatic rings. The van der Waals surface area contributed by atoms with Gasteiger partial charge in [-0.25, -0.2) is 4.98 Å². The van der Waals surface area contributed by atoms with E-state index in [9.17, 15) is 13.2 Å². The standard InChI is InChI=1S/C15H21F3N2O/c1-14(2,3)9-11-5-4-6-19-13(11)20-7-8-21-12(10-20)15(16,17)18/h4-6,12H,7-10H2,1-3H3. The summed E-state index contributed by atoms with van der Waals surface area (Å²) in [5, 5.41) is 0. The van der Waals surface area contributed by atoms with Gasteiger partial charge >= 0.3 is 6.18 Å². The maximum atomic E-state index is 12.8. The van der Waals surface area contributed by atoms with Crippen molar-refractivity contribution in [3.05, 3.63) is 23.9 Å². The van der Waals surface area contributed by atoms with Gasteiger partial charge < -0.3 is 9.64 Å². The number of nitrogens with zero attached hydrogens (tertiary/aromatic N) is 2. The van der Waals surface area contributed by atoms with Crippen LogP contribution in [0, 0.1) is 5.41 Å². The molecule has 0 bridgehead atoms. The van der Waals surface area contributed by atoms with Crippen molar-refractivity contribution < 1.29 is 17.9 Å². The summed E-state index contributed by atoms with van der Waals surface area (Å²) in [5.74, 6) is 0.643. The van der Waals surface area contributed by atoms with Crippen LogP contribution < -0.4 is 4.90 Å². The molecule has 0 N–H and O–H groups in total. The molecule has 21 heavy (non-hydrogen) atoms. The molecule has 0 saturated carbocycles. The SMILES string of the molecule is CC(C)(C)Cc1cccnc1N1CCOC(C(F)(F)F)C1. The highest BCUT2D eigenvalue weighted by atomic mass is 19.4. The smallest absolute Gasteiger partial charge is 0.365 e. The van der Waals surface area contributed by atoms with E-state index in [-0.39, 0.29) is 18.6 Å². The number of alkyl halides is 3. The van der Waals surface area contributed by atoms with Gasteiger partial charge in [-0.1, -0.05) is 26.8 Å². The summed E-state index contributed by atoms with van der Waals surface area (Å²) in [6, 6.07) is 3.76. The molecule has 1 aromatic heterocycles. The molecule has 1 aliphatic rings. The molecule has 0 spiro atoms. The first-order chi connectivity index (χ1) is 9.67. The second-order valence-electron chi connectivity index (χ2n) is 6.57. The number of rotatable bonds is 2. The van der Waals surface area contributed by atoms with Crippen LogP contribution in [0.25, 0.3) is 0 Å². The van der Waals surface area contributed by atoms with E-state index in [1.54, 1.807) is 11.1 Å². The van der Waals surface area contributed by atoms with Crippen LogP contribution >= 0.6 is 0 Å². The number of ether oxygens (including phenoxy) is 1. The first kappa shape index (κ1) is 16.1. The van der Waals surface area contributed by atoms with E-state index < -0.39 is 12.3 Å². The normalized spacial score (nSPS) is 20.7. The van der Waals surface area contributed by atoms with Crippen LogP contribution in [-0.2, 0) is 11.2 Å². The minimum Gasteiger partial charge on any atom is -0.365 e. The van der Waals surface area contributed by atoms with Crippen LogP contribution in [0.4, 0.5) is 19.0 Å². The summed E-state index contributed by atoms with van der Waals surface area (Å²) in [6.07, 6.45) is -3.68. The zero-order valence-corrected chi connectivity index (χ0v) is 12.6. The molecule has 2 rings (SSSR count). The van der Waals surface area contributed by atoms with Gasteiger partial charge in [0.2, 0.25) is 0 Å². The zero-order chi connectivity index (χ0) is 15.7. The molecular formula is C15H21F3N2O. The van der Waals surface area contributed by atoms with Crippen molar-refractivity contribution in [2.45, 2.75) is 39.5 Å². The van der Waals surface area contributed by atoms with E-state index in [4.69, 9.17) is 4.74 Å². The van der Waals surface area contributed by atoms with Crippen LogP contribution in [-0.4, -0.2) is 37.0 Å². The van der Waals surface area contributed by atoms with Crippen LogP contribution in [0.15, 0.2) is 18.3 Å². The second kappa shape index (κ2) is 5.83. The monoisotopic (exact) mass is 302 g/mol. The minimum absolute atomic E-state index is 0.0491. The predicted octanol–water partition coefficient (Wildman–Crippen LogP) is 3.44. The molecule has 0 aromatic carbocycles. The van der Waals surface area contributed by atoms with Crippen LogP contribution in [0.1, 0.15) is 26.3 Å². The summed E-state index contributed by atoms with van der Waals surface area (Å²) in [7, 11) is 0. The van der Waals surface area contributed by atoms with Gasteiger partial charge in [-0.15, -0.1) is 0 Å². The van der Waals surface area contributed by atoms with E-state index >= 15 is 0 Å². The lowest BCUT2D eigenvalue weighted by atomic mass is 9.88. The fourth-order valence-electron chi connectivity index (χ4n) is 2.46. The average Bonchev–Trinajstić information content (AvgIpc) is 2.37. The Morgan fingerprint density at radius 3 is 2.67 bits per heavy atom. The molecule has 1 aliphatic heterocycles. The minimum atomic E-state index is -4.34. The molecule has 0 radical (unpaired) electrons. The molecule has 0 aliphatic carbocycles. The predicted molar refractivity (Wildman–Crippen MR) is 75.4 cm³/mol. The quantitative estimate of drug-likeness (QED) is 0.837. The number of anilines is 1. The molecule has 6 heteroatoms. The van der Waals surface area contributed by atoms with E-state index in [2.05, 4.69) is 25.8 Å². The van der Waals surface area contributed by atoms with Crippen LogP contribution in [0.3, 0.4) is 0 Å². The Balaban J connectivity index is 2.21. The molecule has 1 saturated heterocycles. The fourth-order valence-corrected chi connectivity index (χ4v) is 2.46. The van der Waals surface area contributed by atoms with Crippen molar-refractivity contribution >= 4 is 5.82 Å². The lowest BCUT2D eigenvalue weighted by Crippen LogP contribution is -2.49. The number of hydrogen-bond acceptors (Lipinski definition) is 3. The summed E-state index contributed by atoms with van der Waals surface area (Å²) in [5.41, 5.74) is 1.03. The third kappa shape index (κ3) is 4.33. The number of halogens is 3. The van der Waals surface area contributed by atoms with Crippen LogP contribution in [0.5, 0.6) is 0 Å². The van der Waals surface area contributed by atoms with Crippen molar-refractivity contribution in [1.82, 2.24) is 4.98 Å². The molecule has 2 heterocycles. The van der Waals surface area contributed by atoms with E-state index in [1.807, 2.05) is 12.1 Å². The van der Waals surface area contributed by atoms with Gasteiger partial charge in [-0.3, -0.25) is 0 Å².